The largest absolute Gasteiger partial charge is 0.381 e. The van der Waals surface area contributed by atoms with E-state index in [2.05, 4.69) is 21.2 Å². The van der Waals surface area contributed by atoms with Gasteiger partial charge in [0.25, 0.3) is 0 Å². The van der Waals surface area contributed by atoms with Gasteiger partial charge in [-0.05, 0) is 56.0 Å². The van der Waals surface area contributed by atoms with E-state index in [0.717, 1.165) is 42.5 Å². The van der Waals surface area contributed by atoms with Crippen molar-refractivity contribution in [2.75, 3.05) is 20.3 Å². The molecule has 1 aliphatic rings. The summed E-state index contributed by atoms with van der Waals surface area (Å²) in [4.78, 5) is 0. The van der Waals surface area contributed by atoms with Gasteiger partial charge in [-0.25, -0.2) is 4.39 Å². The zero-order chi connectivity index (χ0) is 13.0. The first kappa shape index (κ1) is 14.0. The van der Waals surface area contributed by atoms with Crippen molar-refractivity contribution in [1.29, 1.82) is 0 Å². The van der Waals surface area contributed by atoms with Gasteiger partial charge in [-0.1, -0.05) is 15.9 Å². The Morgan fingerprint density at radius 3 is 2.72 bits per heavy atom. The Kier molecular flexibility index (Phi) is 5.15. The number of halogens is 2. The van der Waals surface area contributed by atoms with Crippen molar-refractivity contribution in [2.45, 2.75) is 25.3 Å². The Balaban J connectivity index is 2.06. The van der Waals surface area contributed by atoms with Crippen molar-refractivity contribution < 1.29 is 9.13 Å². The molecule has 1 heterocycles. The summed E-state index contributed by atoms with van der Waals surface area (Å²) < 4.78 is 19.6. The first-order valence-electron chi connectivity index (χ1n) is 6.40. The molecule has 0 saturated carbocycles. The maximum Gasteiger partial charge on any atom is 0.124 e. The van der Waals surface area contributed by atoms with Crippen LogP contribution in [-0.2, 0) is 4.74 Å². The van der Waals surface area contributed by atoms with E-state index in [1.165, 1.54) is 6.07 Å². The predicted octanol–water partition coefficient (Wildman–Crippen LogP) is 3.67. The molecule has 18 heavy (non-hydrogen) atoms. The van der Waals surface area contributed by atoms with Gasteiger partial charge < -0.3 is 10.1 Å². The summed E-state index contributed by atoms with van der Waals surface area (Å²) >= 11 is 3.35. The van der Waals surface area contributed by atoms with Gasteiger partial charge in [0.15, 0.2) is 0 Å². The van der Waals surface area contributed by atoms with Crippen LogP contribution < -0.4 is 5.32 Å². The Bertz CT molecular complexity index is 373. The lowest BCUT2D eigenvalue weighted by atomic mass is 9.89. The fourth-order valence-corrected chi connectivity index (χ4v) is 3.00. The molecule has 0 aromatic heterocycles. The van der Waals surface area contributed by atoms with E-state index in [1.54, 1.807) is 6.07 Å². The topological polar surface area (TPSA) is 21.3 Å². The van der Waals surface area contributed by atoms with Crippen LogP contribution >= 0.6 is 15.9 Å². The molecule has 1 unspecified atom stereocenters. The van der Waals surface area contributed by atoms with E-state index in [9.17, 15) is 4.39 Å². The van der Waals surface area contributed by atoms with Gasteiger partial charge in [-0.3, -0.25) is 0 Å². The summed E-state index contributed by atoms with van der Waals surface area (Å²) in [6, 6.07) is 5.31. The summed E-state index contributed by atoms with van der Waals surface area (Å²) in [5.74, 6) is 0.477. The van der Waals surface area contributed by atoms with Gasteiger partial charge in [0, 0.05) is 23.7 Å². The summed E-state index contributed by atoms with van der Waals surface area (Å²) in [6.07, 6.45) is 3.25. The molecule has 1 fully saturated rings. The monoisotopic (exact) mass is 315 g/mol. The third-order valence-electron chi connectivity index (χ3n) is 3.55. The highest BCUT2D eigenvalue weighted by molar-refractivity contribution is 9.10. The van der Waals surface area contributed by atoms with Crippen molar-refractivity contribution in [3.8, 4) is 0 Å². The van der Waals surface area contributed by atoms with Crippen LogP contribution in [0.25, 0.3) is 0 Å². The van der Waals surface area contributed by atoms with E-state index < -0.39 is 0 Å². The third kappa shape index (κ3) is 3.77. The average Bonchev–Trinajstić information content (AvgIpc) is 2.36. The van der Waals surface area contributed by atoms with Gasteiger partial charge >= 0.3 is 0 Å². The third-order valence-corrected chi connectivity index (χ3v) is 4.00. The Hall–Kier alpha value is -0.450. The Morgan fingerprint density at radius 2 is 2.11 bits per heavy atom. The maximum absolute atomic E-state index is 13.4. The molecule has 1 aromatic rings. The van der Waals surface area contributed by atoms with Crippen LogP contribution in [0.1, 0.15) is 30.9 Å². The molecule has 0 spiro atoms. The minimum absolute atomic E-state index is 0.188. The second-order valence-corrected chi connectivity index (χ2v) is 5.75. The van der Waals surface area contributed by atoms with Crippen LogP contribution in [0.2, 0.25) is 0 Å². The number of benzene rings is 1. The molecule has 0 amide bonds. The summed E-state index contributed by atoms with van der Waals surface area (Å²) in [5, 5.41) is 3.29. The normalized spacial score (nSPS) is 18.8. The van der Waals surface area contributed by atoms with E-state index in [-0.39, 0.29) is 11.9 Å². The van der Waals surface area contributed by atoms with E-state index in [0.29, 0.717) is 5.92 Å². The highest BCUT2D eigenvalue weighted by Gasteiger charge is 2.20. The van der Waals surface area contributed by atoms with Crippen LogP contribution in [0.4, 0.5) is 4.39 Å². The van der Waals surface area contributed by atoms with E-state index in [4.69, 9.17) is 4.74 Å². The second kappa shape index (κ2) is 6.64. The summed E-state index contributed by atoms with van der Waals surface area (Å²) in [5.41, 5.74) is 1.01. The first-order valence-corrected chi connectivity index (χ1v) is 7.19. The number of ether oxygens (including phenoxy) is 1. The lowest BCUT2D eigenvalue weighted by Crippen LogP contribution is -2.24. The van der Waals surface area contributed by atoms with Crippen LogP contribution in [0.15, 0.2) is 22.7 Å². The Morgan fingerprint density at radius 1 is 1.39 bits per heavy atom. The zero-order valence-corrected chi connectivity index (χ0v) is 12.2. The van der Waals surface area contributed by atoms with Gasteiger partial charge in [0.05, 0.1) is 0 Å². The van der Waals surface area contributed by atoms with E-state index in [1.807, 2.05) is 13.1 Å². The maximum atomic E-state index is 13.4. The van der Waals surface area contributed by atoms with Crippen LogP contribution in [-0.4, -0.2) is 20.3 Å². The van der Waals surface area contributed by atoms with Crippen molar-refractivity contribution in [2.24, 2.45) is 5.92 Å². The molecule has 4 heteroatoms. The van der Waals surface area contributed by atoms with Gasteiger partial charge in [-0.2, -0.15) is 0 Å². The molecular formula is C14H19BrFNO. The fourth-order valence-electron chi connectivity index (χ4n) is 2.51. The van der Waals surface area contributed by atoms with Crippen molar-refractivity contribution in [3.63, 3.8) is 0 Å². The van der Waals surface area contributed by atoms with Crippen molar-refractivity contribution in [1.82, 2.24) is 5.32 Å². The van der Waals surface area contributed by atoms with E-state index >= 15 is 0 Å². The number of hydrogen-bond donors (Lipinski definition) is 1. The number of nitrogens with one attached hydrogen (secondary N) is 1. The molecule has 0 aliphatic carbocycles. The quantitative estimate of drug-likeness (QED) is 0.915. The van der Waals surface area contributed by atoms with Gasteiger partial charge in [0.1, 0.15) is 5.82 Å². The average molecular weight is 316 g/mol. The lowest BCUT2D eigenvalue weighted by molar-refractivity contribution is 0.0608. The molecule has 1 aromatic carbocycles. The number of rotatable bonds is 4. The van der Waals surface area contributed by atoms with Crippen LogP contribution in [0.3, 0.4) is 0 Å². The highest BCUT2D eigenvalue weighted by Crippen LogP contribution is 2.29. The van der Waals surface area contributed by atoms with Crippen molar-refractivity contribution in [3.05, 3.63) is 34.1 Å². The molecule has 0 bridgehead atoms. The second-order valence-electron chi connectivity index (χ2n) is 4.84. The van der Waals surface area contributed by atoms with Crippen LogP contribution in [0, 0.1) is 11.7 Å². The molecule has 1 N–H and O–H groups in total. The molecule has 2 rings (SSSR count). The molecule has 2 nitrogen and oxygen atoms in total. The van der Waals surface area contributed by atoms with Gasteiger partial charge in [-0.15, -0.1) is 0 Å². The molecule has 0 radical (unpaired) electrons. The lowest BCUT2D eigenvalue weighted by Gasteiger charge is -2.27. The summed E-state index contributed by atoms with van der Waals surface area (Å²) in [7, 11) is 1.93. The molecule has 1 aliphatic heterocycles. The number of hydrogen-bond acceptors (Lipinski definition) is 2. The van der Waals surface area contributed by atoms with Crippen LogP contribution in [0.5, 0.6) is 0 Å². The molecule has 1 saturated heterocycles. The SMILES string of the molecule is CNC(CC1CCOCC1)c1cc(F)cc(Br)c1. The first-order chi connectivity index (χ1) is 8.69. The molecular weight excluding hydrogens is 297 g/mol. The molecule has 1 atom stereocenters. The summed E-state index contributed by atoms with van der Waals surface area (Å²) in [6.45, 7) is 1.71. The predicted molar refractivity (Wildman–Crippen MR) is 74.1 cm³/mol. The highest BCUT2D eigenvalue weighted by atomic mass is 79.9. The minimum atomic E-state index is -0.188. The molecule has 100 valence electrons. The fraction of sp³-hybridized carbons (Fsp3) is 0.571. The zero-order valence-electron chi connectivity index (χ0n) is 10.6. The Labute approximate surface area is 116 Å². The van der Waals surface area contributed by atoms with Crippen molar-refractivity contribution >= 4 is 15.9 Å². The standard InChI is InChI=1S/C14H19BrFNO/c1-17-14(6-10-2-4-18-5-3-10)11-7-12(15)9-13(16)8-11/h7-10,14,17H,2-6H2,1H3. The minimum Gasteiger partial charge on any atom is -0.381 e. The smallest absolute Gasteiger partial charge is 0.124 e. The van der Waals surface area contributed by atoms with Gasteiger partial charge in [0.2, 0.25) is 0 Å².